The molecule has 10 rings (SSSR count). The Balaban J connectivity index is 0.711. The summed E-state index contributed by atoms with van der Waals surface area (Å²) in [7, 11) is -4.35. The van der Waals surface area contributed by atoms with Crippen LogP contribution in [0.3, 0.4) is 0 Å². The molecule has 2 atom stereocenters. The molecular formula is C48H50F3N9O6S. The van der Waals surface area contributed by atoms with E-state index in [1.807, 2.05) is 29.0 Å². The molecule has 3 amide bonds. The minimum absolute atomic E-state index is 0.00544. The molecule has 3 aromatic carbocycles. The maximum absolute atomic E-state index is 15.8. The molecule has 0 radical (unpaired) electrons. The Morgan fingerprint density at radius 1 is 0.836 bits per heavy atom. The number of pyridine rings is 1. The first-order chi connectivity index (χ1) is 32.3. The first-order valence-corrected chi connectivity index (χ1v) is 24.2. The molecule has 0 bridgehead atoms. The lowest BCUT2D eigenvalue weighted by Gasteiger charge is -2.38. The predicted molar refractivity (Wildman–Crippen MR) is 245 cm³/mol. The monoisotopic (exact) mass is 937 g/mol. The lowest BCUT2D eigenvalue weighted by Crippen LogP contribution is -2.52. The summed E-state index contributed by atoms with van der Waals surface area (Å²) < 4.78 is 73.1. The topological polar surface area (TPSA) is 171 Å². The standard InChI is InChI=1S/C48H50F3N9O6S/c49-34-13-16-59(28-34)67(65,66)55-40-8-7-39(50)43(44(40)51)45(62)38-26-53-46-37(38)24-32(25-52-46)30-3-1-29(2-4-30)31-11-14-56(15-12-31)17-18-57-19-21-58(22-20-57)35-5-6-36-33(23-35)27-60(48(36)64)41-9-10-42(61)54-47(41)63/h1-8,23-26,31,34,41,55H,9-22,27-28H2,(H,52,53)(H,54,61,63)/t34-,41?/m1/s1. The van der Waals surface area contributed by atoms with Crippen LogP contribution in [0.5, 0.6) is 0 Å². The zero-order valence-electron chi connectivity index (χ0n) is 36.6. The number of nitrogens with zero attached hydrogens (tertiary/aromatic N) is 6. The zero-order chi connectivity index (χ0) is 46.6. The van der Waals surface area contributed by atoms with E-state index in [1.165, 1.54) is 11.8 Å². The number of amides is 3. The number of piperazine rings is 1. The highest BCUT2D eigenvalue weighted by molar-refractivity contribution is 7.90. The van der Waals surface area contributed by atoms with Crippen molar-refractivity contribution in [3.05, 3.63) is 113 Å². The largest absolute Gasteiger partial charge is 0.369 e. The molecular weight excluding hydrogens is 888 g/mol. The van der Waals surface area contributed by atoms with E-state index >= 15 is 8.78 Å². The van der Waals surface area contributed by atoms with Gasteiger partial charge in [-0.1, -0.05) is 24.3 Å². The van der Waals surface area contributed by atoms with E-state index < -0.39 is 57.0 Å². The van der Waals surface area contributed by atoms with E-state index in [1.54, 1.807) is 17.2 Å². The second-order valence-electron chi connectivity index (χ2n) is 18.1. The van der Waals surface area contributed by atoms with Crippen molar-refractivity contribution in [2.45, 2.75) is 56.8 Å². The van der Waals surface area contributed by atoms with Crippen LogP contribution in [0, 0.1) is 11.6 Å². The number of hydrogen-bond acceptors (Lipinski definition) is 10. The van der Waals surface area contributed by atoms with E-state index in [9.17, 15) is 32.0 Å². The van der Waals surface area contributed by atoms with Crippen LogP contribution in [-0.4, -0.2) is 139 Å². The third kappa shape index (κ3) is 8.92. The number of carbonyl (C=O) groups is 4. The van der Waals surface area contributed by atoms with E-state index in [0.29, 0.717) is 41.0 Å². The van der Waals surface area contributed by atoms with Gasteiger partial charge in [0.25, 0.3) is 5.91 Å². The summed E-state index contributed by atoms with van der Waals surface area (Å²) in [5.74, 6) is -3.99. The zero-order valence-corrected chi connectivity index (χ0v) is 37.5. The van der Waals surface area contributed by atoms with Crippen molar-refractivity contribution in [2.75, 3.05) is 75.1 Å². The number of anilines is 2. The number of H-pyrrole nitrogens is 1. The minimum atomic E-state index is -4.35. The van der Waals surface area contributed by atoms with Crippen molar-refractivity contribution >= 4 is 56.1 Å². The first-order valence-electron chi connectivity index (χ1n) is 22.8. The number of rotatable bonds is 12. The number of hydrogen-bond donors (Lipinski definition) is 3. The molecule has 2 aromatic heterocycles. The van der Waals surface area contributed by atoms with Gasteiger partial charge in [-0.2, -0.15) is 12.7 Å². The molecule has 15 nitrogen and oxygen atoms in total. The maximum Gasteiger partial charge on any atom is 0.301 e. The van der Waals surface area contributed by atoms with Crippen LogP contribution < -0.4 is 14.9 Å². The lowest BCUT2D eigenvalue weighted by atomic mass is 9.88. The average Bonchev–Trinajstić information content (AvgIpc) is 4.06. The summed E-state index contributed by atoms with van der Waals surface area (Å²) in [6, 6.07) is 17.0. The molecule has 7 heterocycles. The first kappa shape index (κ1) is 44.7. The van der Waals surface area contributed by atoms with Gasteiger partial charge in [-0.3, -0.25) is 34.1 Å². The predicted octanol–water partition coefficient (Wildman–Crippen LogP) is 5.20. The number of likely N-dealkylation sites (tertiary alicyclic amines) is 1. The molecule has 3 N–H and O–H groups in total. The van der Waals surface area contributed by atoms with Gasteiger partial charge in [0.05, 0.1) is 11.3 Å². The third-order valence-corrected chi connectivity index (χ3v) is 15.5. The Labute approximate surface area is 385 Å². The van der Waals surface area contributed by atoms with Gasteiger partial charge in [0.15, 0.2) is 5.82 Å². The number of piperidine rings is 2. The summed E-state index contributed by atoms with van der Waals surface area (Å²) in [6.45, 7) is 7.48. The highest BCUT2D eigenvalue weighted by atomic mass is 32.2. The molecule has 350 valence electrons. The molecule has 67 heavy (non-hydrogen) atoms. The Bertz CT molecular complexity index is 2880. The Morgan fingerprint density at radius 2 is 1.58 bits per heavy atom. The fourth-order valence-electron chi connectivity index (χ4n) is 10.1. The Kier molecular flexibility index (Phi) is 12.1. The Hall–Kier alpha value is -6.15. The molecule has 0 aliphatic carbocycles. The van der Waals surface area contributed by atoms with Crippen molar-refractivity contribution in [3.63, 3.8) is 0 Å². The van der Waals surface area contributed by atoms with Crippen molar-refractivity contribution in [3.8, 4) is 11.1 Å². The van der Waals surface area contributed by atoms with Crippen molar-refractivity contribution in [2.24, 2.45) is 0 Å². The third-order valence-electron chi connectivity index (χ3n) is 14.0. The summed E-state index contributed by atoms with van der Waals surface area (Å²) in [4.78, 5) is 67.4. The molecule has 4 fully saturated rings. The van der Waals surface area contributed by atoms with E-state index in [-0.39, 0.29) is 43.3 Å². The van der Waals surface area contributed by atoms with E-state index in [2.05, 4.69) is 48.2 Å². The van der Waals surface area contributed by atoms with Gasteiger partial charge in [-0.25, -0.2) is 18.2 Å². The Morgan fingerprint density at radius 3 is 2.30 bits per heavy atom. The van der Waals surface area contributed by atoms with Crippen LogP contribution in [0.15, 0.2) is 73.1 Å². The van der Waals surface area contributed by atoms with Gasteiger partial charge in [0, 0.05) is 105 Å². The van der Waals surface area contributed by atoms with Crippen LogP contribution in [0.2, 0.25) is 0 Å². The number of aromatic nitrogens is 2. The van der Waals surface area contributed by atoms with E-state index in [4.69, 9.17) is 0 Å². The van der Waals surface area contributed by atoms with Crippen LogP contribution in [-0.2, 0) is 26.3 Å². The number of imide groups is 1. The van der Waals surface area contributed by atoms with Crippen LogP contribution in [0.1, 0.15) is 75.4 Å². The van der Waals surface area contributed by atoms with Gasteiger partial charge in [-0.05, 0) is 97.8 Å². The molecule has 0 spiro atoms. The maximum atomic E-state index is 15.8. The SMILES string of the molecule is O=C1CCC(N2Cc3cc(N4CCN(CCN5CCC(c6ccc(-c7cnc8[nH]cc(C(=O)c9c(F)ccc(NS(=O)(=O)N%10CC[C@@H](F)C%10)c9F)c8c7)cc6)CC5)CC4)ccc3C2=O)C(=O)N1. The number of alkyl halides is 1. The molecule has 1 unspecified atom stereocenters. The highest BCUT2D eigenvalue weighted by Gasteiger charge is 2.40. The van der Waals surface area contributed by atoms with Gasteiger partial charge in [0.2, 0.25) is 17.6 Å². The van der Waals surface area contributed by atoms with E-state index in [0.717, 1.165) is 98.5 Å². The number of aromatic amines is 1. The summed E-state index contributed by atoms with van der Waals surface area (Å²) in [5, 5.41) is 2.71. The van der Waals surface area contributed by atoms with Gasteiger partial charge in [0.1, 0.15) is 23.7 Å². The van der Waals surface area contributed by atoms with Crippen molar-refractivity contribution in [1.29, 1.82) is 0 Å². The quantitative estimate of drug-likeness (QED) is 0.112. The second-order valence-corrected chi connectivity index (χ2v) is 19.8. The fraction of sp³-hybridized carbons (Fsp3) is 0.396. The number of carbonyl (C=O) groups excluding carboxylic acids is 4. The number of halogens is 3. The second kappa shape index (κ2) is 18.2. The number of nitrogens with one attached hydrogen (secondary N) is 3. The van der Waals surface area contributed by atoms with Crippen LogP contribution in [0.25, 0.3) is 22.2 Å². The molecule has 4 saturated heterocycles. The number of fused-ring (bicyclic) bond motifs is 2. The minimum Gasteiger partial charge on any atom is -0.369 e. The van der Waals surface area contributed by atoms with Crippen LogP contribution in [0.4, 0.5) is 24.5 Å². The highest BCUT2D eigenvalue weighted by Crippen LogP contribution is 2.34. The van der Waals surface area contributed by atoms with Crippen molar-refractivity contribution < 1.29 is 40.8 Å². The molecule has 5 aromatic rings. The number of ketones is 1. The summed E-state index contributed by atoms with van der Waals surface area (Å²) >= 11 is 0. The van der Waals surface area contributed by atoms with Gasteiger partial charge < -0.3 is 19.7 Å². The number of benzene rings is 3. The molecule has 5 aliphatic heterocycles. The van der Waals surface area contributed by atoms with Crippen molar-refractivity contribution in [1.82, 2.24) is 34.3 Å². The summed E-state index contributed by atoms with van der Waals surface area (Å²) in [6.07, 6.45) is 4.28. The average molecular weight is 938 g/mol. The molecule has 5 aliphatic rings. The summed E-state index contributed by atoms with van der Waals surface area (Å²) in [5.41, 5.74) is 4.14. The fourth-order valence-corrected chi connectivity index (χ4v) is 11.4. The van der Waals surface area contributed by atoms with Gasteiger partial charge >= 0.3 is 10.2 Å². The molecule has 0 saturated carbocycles. The smallest absolute Gasteiger partial charge is 0.301 e. The molecule has 19 heteroatoms. The van der Waals surface area contributed by atoms with Crippen LogP contribution >= 0.6 is 0 Å². The lowest BCUT2D eigenvalue weighted by molar-refractivity contribution is -0.136. The normalized spacial score (nSPS) is 21.3. The van der Waals surface area contributed by atoms with Gasteiger partial charge in [-0.15, -0.1) is 0 Å².